The zero-order valence-electron chi connectivity index (χ0n) is 10.8. The van der Waals surface area contributed by atoms with E-state index in [0.717, 1.165) is 0 Å². The molecule has 6 nitrogen and oxygen atoms in total. The fourth-order valence-electron chi connectivity index (χ4n) is 4.02. The summed E-state index contributed by atoms with van der Waals surface area (Å²) in [6, 6.07) is 0. The summed E-state index contributed by atoms with van der Waals surface area (Å²) in [4.78, 5) is 34.1. The molecule has 6 heteroatoms. The SMILES string of the molecule is CC(=O)O[C@H]1[C@@H]2C[C@H](OC(C)=O)[C@@H]1[C@@H]1COC(=O)[C@@H]12. The molecule has 3 rings (SSSR count). The van der Waals surface area contributed by atoms with Gasteiger partial charge in [-0.3, -0.25) is 14.4 Å². The molecule has 1 heterocycles. The van der Waals surface area contributed by atoms with Gasteiger partial charge in [-0.1, -0.05) is 0 Å². The number of carbonyl (C=O) groups excluding carboxylic acids is 3. The molecule has 19 heavy (non-hydrogen) atoms. The Bertz CT molecular complexity index is 444. The lowest BCUT2D eigenvalue weighted by Gasteiger charge is -2.27. The average molecular weight is 268 g/mol. The van der Waals surface area contributed by atoms with E-state index in [1.165, 1.54) is 13.8 Å². The number of hydrogen-bond donors (Lipinski definition) is 0. The highest BCUT2D eigenvalue weighted by atomic mass is 16.6. The van der Waals surface area contributed by atoms with Crippen LogP contribution in [0.25, 0.3) is 0 Å². The molecule has 2 saturated carbocycles. The van der Waals surface area contributed by atoms with Crippen LogP contribution < -0.4 is 0 Å². The number of fused-ring (bicyclic) bond motifs is 5. The van der Waals surface area contributed by atoms with Gasteiger partial charge in [0.2, 0.25) is 0 Å². The molecule has 0 spiro atoms. The summed E-state index contributed by atoms with van der Waals surface area (Å²) < 4.78 is 15.7. The molecule has 6 atom stereocenters. The first-order chi connectivity index (χ1) is 8.99. The van der Waals surface area contributed by atoms with Crippen LogP contribution in [-0.4, -0.2) is 36.7 Å². The van der Waals surface area contributed by atoms with E-state index in [1.807, 2.05) is 0 Å². The molecule has 0 aromatic heterocycles. The lowest BCUT2D eigenvalue weighted by Crippen LogP contribution is -2.35. The van der Waals surface area contributed by atoms with Crippen LogP contribution in [0.4, 0.5) is 0 Å². The molecule has 0 aromatic rings. The second-order valence-electron chi connectivity index (χ2n) is 5.52. The Balaban J connectivity index is 1.85. The van der Waals surface area contributed by atoms with Crippen molar-refractivity contribution in [1.29, 1.82) is 0 Å². The van der Waals surface area contributed by atoms with Crippen molar-refractivity contribution >= 4 is 17.9 Å². The molecule has 2 aliphatic carbocycles. The van der Waals surface area contributed by atoms with Gasteiger partial charge >= 0.3 is 17.9 Å². The Labute approximate surface area is 110 Å². The van der Waals surface area contributed by atoms with Crippen molar-refractivity contribution in [2.24, 2.45) is 23.7 Å². The maximum absolute atomic E-state index is 11.7. The van der Waals surface area contributed by atoms with Crippen LogP contribution in [0.15, 0.2) is 0 Å². The molecule has 0 N–H and O–H groups in total. The molecule has 1 saturated heterocycles. The Hall–Kier alpha value is -1.59. The highest BCUT2D eigenvalue weighted by Crippen LogP contribution is 2.57. The van der Waals surface area contributed by atoms with Gasteiger partial charge in [0.25, 0.3) is 0 Å². The molecule has 3 aliphatic rings. The number of carbonyl (C=O) groups is 3. The minimum Gasteiger partial charge on any atom is -0.465 e. The predicted octanol–water partition coefficient (Wildman–Crippen LogP) is 0.289. The van der Waals surface area contributed by atoms with Gasteiger partial charge in [0.15, 0.2) is 0 Å². The Morgan fingerprint density at radius 2 is 1.84 bits per heavy atom. The molecule has 0 amide bonds. The first-order valence-electron chi connectivity index (χ1n) is 6.50. The second-order valence-corrected chi connectivity index (χ2v) is 5.52. The predicted molar refractivity (Wildman–Crippen MR) is 60.6 cm³/mol. The molecule has 0 aromatic carbocycles. The minimum absolute atomic E-state index is 0.0000463. The summed E-state index contributed by atoms with van der Waals surface area (Å²) in [5.41, 5.74) is 0. The van der Waals surface area contributed by atoms with Crippen LogP contribution in [0.1, 0.15) is 20.3 Å². The monoisotopic (exact) mass is 268 g/mol. The quantitative estimate of drug-likeness (QED) is 0.529. The fourth-order valence-corrected chi connectivity index (χ4v) is 4.02. The van der Waals surface area contributed by atoms with Crippen LogP contribution in [0.3, 0.4) is 0 Å². The smallest absolute Gasteiger partial charge is 0.309 e. The third kappa shape index (κ3) is 1.81. The largest absolute Gasteiger partial charge is 0.465 e. The van der Waals surface area contributed by atoms with Gasteiger partial charge in [-0.05, 0) is 6.42 Å². The fraction of sp³-hybridized carbons (Fsp3) is 0.769. The van der Waals surface area contributed by atoms with E-state index in [9.17, 15) is 14.4 Å². The first-order valence-corrected chi connectivity index (χ1v) is 6.50. The Morgan fingerprint density at radius 3 is 2.47 bits per heavy atom. The molecule has 0 unspecified atom stereocenters. The zero-order chi connectivity index (χ0) is 13.7. The summed E-state index contributed by atoms with van der Waals surface area (Å²) in [5.74, 6) is -1.33. The molecular formula is C13H16O6. The highest BCUT2D eigenvalue weighted by molar-refractivity contribution is 5.77. The summed E-state index contributed by atoms with van der Waals surface area (Å²) in [7, 11) is 0. The number of ether oxygens (including phenoxy) is 3. The number of hydrogen-bond acceptors (Lipinski definition) is 6. The standard InChI is InChI=1S/C13H16O6/c1-5(14)18-9-3-7-10-8(4-17-13(10)16)11(9)12(7)19-6(2)15/h7-12H,3-4H2,1-2H3/t7-,8-,9+,10-,11+,12+/m1/s1. The summed E-state index contributed by atoms with van der Waals surface area (Å²) >= 11 is 0. The second kappa shape index (κ2) is 4.21. The van der Waals surface area contributed by atoms with Crippen LogP contribution in [0.5, 0.6) is 0 Å². The molecular weight excluding hydrogens is 252 g/mol. The molecule has 2 bridgehead atoms. The highest BCUT2D eigenvalue weighted by Gasteiger charge is 2.66. The van der Waals surface area contributed by atoms with Crippen molar-refractivity contribution in [3.63, 3.8) is 0 Å². The maximum Gasteiger partial charge on any atom is 0.309 e. The number of esters is 3. The van der Waals surface area contributed by atoms with E-state index in [2.05, 4.69) is 0 Å². The van der Waals surface area contributed by atoms with Crippen LogP contribution >= 0.6 is 0 Å². The number of rotatable bonds is 2. The van der Waals surface area contributed by atoms with Crippen LogP contribution in [0.2, 0.25) is 0 Å². The van der Waals surface area contributed by atoms with Crippen molar-refractivity contribution in [1.82, 2.24) is 0 Å². The Kier molecular flexibility index (Phi) is 2.76. The van der Waals surface area contributed by atoms with Gasteiger partial charge < -0.3 is 14.2 Å². The summed E-state index contributed by atoms with van der Waals surface area (Å²) in [6.45, 7) is 3.05. The lowest BCUT2D eigenvalue weighted by atomic mass is 9.80. The van der Waals surface area contributed by atoms with E-state index in [0.29, 0.717) is 13.0 Å². The summed E-state index contributed by atoms with van der Waals surface area (Å²) in [5, 5.41) is 0. The zero-order valence-corrected chi connectivity index (χ0v) is 10.8. The van der Waals surface area contributed by atoms with E-state index in [1.54, 1.807) is 0 Å². The van der Waals surface area contributed by atoms with E-state index in [4.69, 9.17) is 14.2 Å². The topological polar surface area (TPSA) is 78.9 Å². The molecule has 104 valence electrons. The van der Waals surface area contributed by atoms with E-state index >= 15 is 0 Å². The van der Waals surface area contributed by atoms with Crippen molar-refractivity contribution in [2.75, 3.05) is 6.61 Å². The lowest BCUT2D eigenvalue weighted by molar-refractivity contribution is -0.155. The van der Waals surface area contributed by atoms with E-state index < -0.39 is 0 Å². The van der Waals surface area contributed by atoms with Gasteiger partial charge in [-0.2, -0.15) is 0 Å². The number of cyclic esters (lactones) is 1. The average Bonchev–Trinajstić information content (AvgIpc) is 2.89. The van der Waals surface area contributed by atoms with E-state index in [-0.39, 0.29) is 53.8 Å². The molecule has 1 aliphatic heterocycles. The third-order valence-electron chi connectivity index (χ3n) is 4.46. The van der Waals surface area contributed by atoms with Crippen molar-refractivity contribution in [2.45, 2.75) is 32.5 Å². The molecule has 0 radical (unpaired) electrons. The van der Waals surface area contributed by atoms with Gasteiger partial charge in [-0.15, -0.1) is 0 Å². The van der Waals surface area contributed by atoms with Gasteiger partial charge in [-0.25, -0.2) is 0 Å². The van der Waals surface area contributed by atoms with Crippen molar-refractivity contribution in [3.8, 4) is 0 Å². The van der Waals surface area contributed by atoms with Gasteiger partial charge in [0.1, 0.15) is 12.2 Å². The van der Waals surface area contributed by atoms with Crippen LogP contribution in [-0.2, 0) is 28.6 Å². The van der Waals surface area contributed by atoms with Crippen molar-refractivity contribution in [3.05, 3.63) is 0 Å². The van der Waals surface area contributed by atoms with Crippen LogP contribution in [0, 0.1) is 23.7 Å². The minimum atomic E-state index is -0.364. The van der Waals surface area contributed by atoms with Gasteiger partial charge in [0, 0.05) is 31.6 Å². The normalized spacial score (nSPS) is 42.7. The maximum atomic E-state index is 11.7. The summed E-state index contributed by atoms with van der Waals surface area (Å²) in [6.07, 6.45) is -0.0364. The first kappa shape index (κ1) is 12.4. The van der Waals surface area contributed by atoms with Crippen molar-refractivity contribution < 1.29 is 28.6 Å². The molecule has 3 fully saturated rings. The Morgan fingerprint density at radius 1 is 1.16 bits per heavy atom. The third-order valence-corrected chi connectivity index (χ3v) is 4.46. The van der Waals surface area contributed by atoms with Gasteiger partial charge in [0.05, 0.1) is 12.5 Å².